The molecule has 0 aromatic heterocycles. The van der Waals surface area contributed by atoms with Crippen molar-refractivity contribution in [1.82, 2.24) is 4.90 Å². The molecule has 0 saturated carbocycles. The summed E-state index contributed by atoms with van der Waals surface area (Å²) >= 11 is 6.16. The average molecular weight is 380 g/mol. The first-order valence-corrected chi connectivity index (χ1v) is 9.29. The summed E-state index contributed by atoms with van der Waals surface area (Å²) in [6, 6.07) is 7.07. The molecular weight excluding hydrogens is 354 g/mol. The van der Waals surface area contributed by atoms with Gasteiger partial charge in [0.1, 0.15) is 10.8 Å². The fourth-order valence-electron chi connectivity index (χ4n) is 2.52. The molecule has 6 heteroatoms. The lowest BCUT2D eigenvalue weighted by molar-refractivity contribution is -0.136. The zero-order valence-corrected chi connectivity index (χ0v) is 16.5. The minimum atomic E-state index is -0.448. The molecule has 0 saturated heterocycles. The van der Waals surface area contributed by atoms with E-state index in [1.165, 1.54) is 4.90 Å². The fourth-order valence-corrected chi connectivity index (χ4v) is 2.81. The first-order valence-electron chi connectivity index (χ1n) is 8.92. The molecule has 1 aromatic rings. The van der Waals surface area contributed by atoms with Crippen molar-refractivity contribution in [3.05, 3.63) is 34.9 Å². The van der Waals surface area contributed by atoms with Crippen molar-refractivity contribution >= 4 is 29.0 Å². The normalized spacial score (nSPS) is 15.0. The van der Waals surface area contributed by atoms with E-state index in [0.717, 1.165) is 5.75 Å². The molecule has 0 atom stereocenters. The number of nitrogens with zero attached hydrogens (tertiary/aromatic N) is 1. The van der Waals surface area contributed by atoms with Crippen LogP contribution in [0.4, 0.5) is 0 Å². The Hall–Kier alpha value is -1.85. The van der Waals surface area contributed by atoms with Crippen LogP contribution in [-0.4, -0.2) is 42.6 Å². The highest BCUT2D eigenvalue weighted by Gasteiger charge is 2.37. The topological polar surface area (TPSA) is 55.8 Å². The van der Waals surface area contributed by atoms with Crippen LogP contribution in [0.5, 0.6) is 5.75 Å². The second-order valence-electron chi connectivity index (χ2n) is 6.95. The molecule has 0 spiro atoms. The van der Waals surface area contributed by atoms with Gasteiger partial charge < -0.3 is 9.47 Å². The molecule has 0 fully saturated rings. The summed E-state index contributed by atoms with van der Waals surface area (Å²) in [5.41, 5.74) is 0.864. The van der Waals surface area contributed by atoms with E-state index in [4.69, 9.17) is 21.1 Å². The number of hydrogen-bond donors (Lipinski definition) is 0. The van der Waals surface area contributed by atoms with Gasteiger partial charge in [-0.05, 0) is 43.9 Å². The van der Waals surface area contributed by atoms with E-state index in [2.05, 4.69) is 13.8 Å². The largest absolute Gasteiger partial charge is 0.493 e. The van der Waals surface area contributed by atoms with Crippen LogP contribution in [0.15, 0.2) is 29.3 Å². The van der Waals surface area contributed by atoms with Gasteiger partial charge >= 0.3 is 0 Å². The lowest BCUT2D eigenvalue weighted by atomic mass is 10.1. The number of imide groups is 1. The standard InChI is InChI=1S/C20H26ClNO4/c1-13(2)12-26-16-8-6-15(7-9-16)17-18(21)20(24)22(19(17)23)10-5-11-25-14(3)4/h6-9,13-14H,5,10-12H2,1-4H3. The van der Waals surface area contributed by atoms with Gasteiger partial charge in [0.25, 0.3) is 11.8 Å². The molecule has 142 valence electrons. The number of hydrogen-bond acceptors (Lipinski definition) is 4. The van der Waals surface area contributed by atoms with Gasteiger partial charge in [0.15, 0.2) is 0 Å². The Morgan fingerprint density at radius 2 is 1.69 bits per heavy atom. The highest BCUT2D eigenvalue weighted by Crippen LogP contribution is 2.32. The minimum Gasteiger partial charge on any atom is -0.493 e. The summed E-state index contributed by atoms with van der Waals surface area (Å²) in [4.78, 5) is 26.2. The van der Waals surface area contributed by atoms with Gasteiger partial charge in [0.05, 0.1) is 18.3 Å². The Kier molecular flexibility index (Phi) is 7.23. The highest BCUT2D eigenvalue weighted by atomic mass is 35.5. The van der Waals surface area contributed by atoms with E-state index >= 15 is 0 Å². The van der Waals surface area contributed by atoms with Crippen molar-refractivity contribution in [1.29, 1.82) is 0 Å². The van der Waals surface area contributed by atoms with E-state index in [1.54, 1.807) is 24.3 Å². The van der Waals surface area contributed by atoms with Gasteiger partial charge in [0.2, 0.25) is 0 Å². The maximum absolute atomic E-state index is 12.6. The summed E-state index contributed by atoms with van der Waals surface area (Å²) in [5, 5.41) is -0.0318. The van der Waals surface area contributed by atoms with E-state index in [0.29, 0.717) is 37.7 Å². The van der Waals surface area contributed by atoms with Gasteiger partial charge in [0, 0.05) is 13.2 Å². The second-order valence-corrected chi connectivity index (χ2v) is 7.33. The molecule has 2 rings (SSSR count). The van der Waals surface area contributed by atoms with Crippen molar-refractivity contribution in [2.24, 2.45) is 5.92 Å². The maximum Gasteiger partial charge on any atom is 0.273 e. The van der Waals surface area contributed by atoms with Crippen molar-refractivity contribution in [3.8, 4) is 5.75 Å². The van der Waals surface area contributed by atoms with Crippen molar-refractivity contribution in [3.63, 3.8) is 0 Å². The third-order valence-electron chi connectivity index (χ3n) is 3.81. The third kappa shape index (κ3) is 5.08. The maximum atomic E-state index is 12.6. The lowest BCUT2D eigenvalue weighted by Crippen LogP contribution is -2.33. The summed E-state index contributed by atoms with van der Waals surface area (Å²) in [6.07, 6.45) is 0.698. The molecule has 2 amide bonds. The number of ether oxygens (including phenoxy) is 2. The first-order chi connectivity index (χ1) is 12.3. The van der Waals surface area contributed by atoms with Crippen molar-refractivity contribution in [2.75, 3.05) is 19.8 Å². The number of amides is 2. The van der Waals surface area contributed by atoms with Crippen LogP contribution in [0.2, 0.25) is 0 Å². The smallest absolute Gasteiger partial charge is 0.273 e. The Balaban J connectivity index is 2.04. The van der Waals surface area contributed by atoms with E-state index in [9.17, 15) is 9.59 Å². The lowest BCUT2D eigenvalue weighted by Gasteiger charge is -2.15. The molecule has 1 heterocycles. The quantitative estimate of drug-likeness (QED) is 0.483. The van der Waals surface area contributed by atoms with Crippen LogP contribution >= 0.6 is 11.6 Å². The molecule has 0 radical (unpaired) electrons. The molecule has 1 aliphatic rings. The van der Waals surface area contributed by atoms with Gasteiger partial charge in [-0.15, -0.1) is 0 Å². The average Bonchev–Trinajstić information content (AvgIpc) is 2.80. The molecule has 26 heavy (non-hydrogen) atoms. The summed E-state index contributed by atoms with van der Waals surface area (Å²) in [5.74, 6) is 0.337. The first kappa shape index (κ1) is 20.5. The Morgan fingerprint density at radius 3 is 2.27 bits per heavy atom. The summed E-state index contributed by atoms with van der Waals surface area (Å²) < 4.78 is 11.1. The number of carbonyl (C=O) groups excluding carboxylic acids is 2. The van der Waals surface area contributed by atoms with Gasteiger partial charge in [-0.2, -0.15) is 0 Å². The van der Waals surface area contributed by atoms with Crippen LogP contribution in [-0.2, 0) is 14.3 Å². The van der Waals surface area contributed by atoms with E-state index in [-0.39, 0.29) is 22.6 Å². The Bertz CT molecular complexity index is 680. The van der Waals surface area contributed by atoms with Crippen LogP contribution in [0.1, 0.15) is 39.7 Å². The number of halogens is 1. The fraction of sp³-hybridized carbons (Fsp3) is 0.500. The van der Waals surface area contributed by atoms with Gasteiger partial charge in [-0.1, -0.05) is 37.6 Å². The Morgan fingerprint density at radius 1 is 1.04 bits per heavy atom. The van der Waals surface area contributed by atoms with E-state index < -0.39 is 5.91 Å². The molecule has 0 N–H and O–H groups in total. The predicted octanol–water partition coefficient (Wildman–Crippen LogP) is 3.86. The van der Waals surface area contributed by atoms with Crippen molar-refractivity contribution < 1.29 is 19.1 Å². The zero-order valence-electron chi connectivity index (χ0n) is 15.8. The van der Waals surface area contributed by atoms with Crippen LogP contribution in [0.3, 0.4) is 0 Å². The number of carbonyl (C=O) groups is 2. The predicted molar refractivity (Wildman–Crippen MR) is 102 cm³/mol. The summed E-state index contributed by atoms with van der Waals surface area (Å²) in [7, 11) is 0. The SMILES string of the molecule is CC(C)COc1ccc(C2=C(Cl)C(=O)N(CCCOC(C)C)C2=O)cc1. The molecular formula is C20H26ClNO4. The van der Waals surface area contributed by atoms with Crippen LogP contribution in [0.25, 0.3) is 5.57 Å². The number of benzene rings is 1. The number of rotatable bonds is 9. The highest BCUT2D eigenvalue weighted by molar-refractivity contribution is 6.55. The summed E-state index contributed by atoms with van der Waals surface area (Å²) in [6.45, 7) is 9.43. The van der Waals surface area contributed by atoms with Crippen LogP contribution in [0, 0.1) is 5.92 Å². The molecule has 0 aliphatic carbocycles. The van der Waals surface area contributed by atoms with Crippen LogP contribution < -0.4 is 4.74 Å². The molecule has 1 aliphatic heterocycles. The minimum absolute atomic E-state index is 0.0318. The second kappa shape index (κ2) is 9.19. The van der Waals surface area contributed by atoms with Crippen molar-refractivity contribution in [2.45, 2.75) is 40.2 Å². The third-order valence-corrected chi connectivity index (χ3v) is 4.17. The zero-order chi connectivity index (χ0) is 19.3. The van der Waals surface area contributed by atoms with Gasteiger partial charge in [-0.3, -0.25) is 14.5 Å². The van der Waals surface area contributed by atoms with E-state index in [1.807, 2.05) is 13.8 Å². The molecule has 5 nitrogen and oxygen atoms in total. The Labute approximate surface area is 159 Å². The van der Waals surface area contributed by atoms with Gasteiger partial charge in [-0.25, -0.2) is 0 Å². The molecule has 0 bridgehead atoms. The monoisotopic (exact) mass is 379 g/mol. The molecule has 1 aromatic carbocycles. The molecule has 0 unspecified atom stereocenters.